The molecule has 1 heterocycles. The lowest BCUT2D eigenvalue weighted by atomic mass is 10.2. The number of hydrogen-bond acceptors (Lipinski definition) is 2. The highest BCUT2D eigenvalue weighted by Gasteiger charge is 2.19. The summed E-state index contributed by atoms with van der Waals surface area (Å²) in [6, 6.07) is 0. The van der Waals surface area contributed by atoms with E-state index in [0.29, 0.717) is 5.92 Å². The van der Waals surface area contributed by atoms with Gasteiger partial charge in [-0.25, -0.2) is 0 Å². The van der Waals surface area contributed by atoms with Crippen molar-refractivity contribution < 1.29 is 9.90 Å². The van der Waals surface area contributed by atoms with Gasteiger partial charge in [-0.05, 0) is 18.9 Å². The third-order valence-electron chi connectivity index (χ3n) is 1.87. The van der Waals surface area contributed by atoms with Crippen molar-refractivity contribution in [1.29, 1.82) is 0 Å². The molecular weight excluding hydrogens is 130 g/mol. The molecule has 0 radical (unpaired) electrons. The molecule has 1 rings (SSSR count). The summed E-state index contributed by atoms with van der Waals surface area (Å²) in [5, 5.41) is 8.42. The predicted molar refractivity (Wildman–Crippen MR) is 37.9 cm³/mol. The van der Waals surface area contributed by atoms with Gasteiger partial charge in [-0.1, -0.05) is 6.92 Å². The van der Waals surface area contributed by atoms with E-state index in [1.54, 1.807) is 0 Å². The Bertz CT molecular complexity index is 136. The van der Waals surface area contributed by atoms with Gasteiger partial charge in [0.05, 0.1) is 6.54 Å². The largest absolute Gasteiger partial charge is 0.480 e. The van der Waals surface area contributed by atoms with Gasteiger partial charge in [0, 0.05) is 6.54 Å². The molecule has 1 atom stereocenters. The van der Waals surface area contributed by atoms with Crippen LogP contribution in [0.2, 0.25) is 0 Å². The third-order valence-corrected chi connectivity index (χ3v) is 1.87. The molecule has 1 fully saturated rings. The van der Waals surface area contributed by atoms with Crippen molar-refractivity contribution in [2.75, 3.05) is 19.6 Å². The molecule has 1 N–H and O–H groups in total. The molecule has 0 aliphatic carbocycles. The second kappa shape index (κ2) is 3.01. The van der Waals surface area contributed by atoms with Crippen molar-refractivity contribution >= 4 is 5.97 Å². The average Bonchev–Trinajstić information content (AvgIpc) is 2.13. The molecule has 0 spiro atoms. The number of likely N-dealkylation sites (tertiary alicyclic amines) is 1. The van der Waals surface area contributed by atoms with Crippen molar-refractivity contribution in [1.82, 2.24) is 4.90 Å². The molecule has 0 aromatic rings. The van der Waals surface area contributed by atoms with Crippen molar-refractivity contribution in [3.05, 3.63) is 0 Å². The topological polar surface area (TPSA) is 40.5 Å². The zero-order valence-electron chi connectivity index (χ0n) is 6.21. The zero-order chi connectivity index (χ0) is 7.56. The lowest BCUT2D eigenvalue weighted by Gasteiger charge is -2.10. The van der Waals surface area contributed by atoms with E-state index in [1.807, 2.05) is 4.90 Å². The first kappa shape index (κ1) is 7.54. The highest BCUT2D eigenvalue weighted by atomic mass is 16.4. The maximum atomic E-state index is 10.2. The van der Waals surface area contributed by atoms with Crippen LogP contribution in [0.4, 0.5) is 0 Å². The molecule has 1 aliphatic heterocycles. The monoisotopic (exact) mass is 143 g/mol. The summed E-state index contributed by atoms with van der Waals surface area (Å²) in [4.78, 5) is 12.2. The summed E-state index contributed by atoms with van der Waals surface area (Å²) < 4.78 is 0. The molecule has 1 aliphatic rings. The van der Waals surface area contributed by atoms with Crippen LogP contribution in [0.1, 0.15) is 13.3 Å². The molecule has 1 saturated heterocycles. The Morgan fingerprint density at radius 3 is 2.90 bits per heavy atom. The van der Waals surface area contributed by atoms with E-state index in [1.165, 1.54) is 0 Å². The fraction of sp³-hybridized carbons (Fsp3) is 0.857. The molecule has 10 heavy (non-hydrogen) atoms. The Balaban J connectivity index is 2.24. The van der Waals surface area contributed by atoms with Crippen LogP contribution < -0.4 is 0 Å². The van der Waals surface area contributed by atoms with Crippen LogP contribution in [0.25, 0.3) is 0 Å². The third kappa shape index (κ3) is 1.99. The minimum absolute atomic E-state index is 0.213. The minimum atomic E-state index is -0.714. The number of carboxylic acids is 1. The van der Waals surface area contributed by atoms with Crippen molar-refractivity contribution in [2.45, 2.75) is 13.3 Å². The number of rotatable bonds is 2. The van der Waals surface area contributed by atoms with Crippen LogP contribution in [0.3, 0.4) is 0 Å². The van der Waals surface area contributed by atoms with Crippen molar-refractivity contribution in [3.63, 3.8) is 0 Å². The molecule has 0 amide bonds. The number of carbonyl (C=O) groups is 1. The van der Waals surface area contributed by atoms with Crippen LogP contribution in [0, 0.1) is 5.92 Å². The Morgan fingerprint density at radius 1 is 1.80 bits per heavy atom. The number of hydrogen-bond donors (Lipinski definition) is 1. The molecule has 3 heteroatoms. The van der Waals surface area contributed by atoms with Gasteiger partial charge in [0.15, 0.2) is 0 Å². The molecule has 58 valence electrons. The second-order valence-electron chi connectivity index (χ2n) is 3.02. The highest BCUT2D eigenvalue weighted by Crippen LogP contribution is 2.13. The second-order valence-corrected chi connectivity index (χ2v) is 3.02. The molecule has 0 aromatic heterocycles. The Morgan fingerprint density at radius 2 is 2.50 bits per heavy atom. The maximum absolute atomic E-state index is 10.2. The Labute approximate surface area is 60.6 Å². The fourth-order valence-electron chi connectivity index (χ4n) is 1.36. The lowest BCUT2D eigenvalue weighted by molar-refractivity contribution is -0.138. The number of nitrogens with zero attached hydrogens (tertiary/aromatic N) is 1. The highest BCUT2D eigenvalue weighted by molar-refractivity contribution is 5.69. The summed E-state index contributed by atoms with van der Waals surface area (Å²) in [6.07, 6.45) is 1.15. The van der Waals surface area contributed by atoms with E-state index in [-0.39, 0.29) is 6.54 Å². The van der Waals surface area contributed by atoms with Gasteiger partial charge in [0.2, 0.25) is 0 Å². The Kier molecular flexibility index (Phi) is 2.27. The van der Waals surface area contributed by atoms with Gasteiger partial charge in [0.25, 0.3) is 0 Å². The number of aliphatic carboxylic acids is 1. The molecule has 0 bridgehead atoms. The van der Waals surface area contributed by atoms with E-state index in [2.05, 4.69) is 6.92 Å². The van der Waals surface area contributed by atoms with Crippen LogP contribution in [0.5, 0.6) is 0 Å². The number of carboxylic acid groups (broad SMARTS) is 1. The van der Waals surface area contributed by atoms with Crippen LogP contribution in [-0.4, -0.2) is 35.6 Å². The van der Waals surface area contributed by atoms with Crippen molar-refractivity contribution in [3.8, 4) is 0 Å². The molecule has 0 saturated carbocycles. The van der Waals surface area contributed by atoms with E-state index in [9.17, 15) is 4.79 Å². The maximum Gasteiger partial charge on any atom is 0.317 e. The van der Waals surface area contributed by atoms with Gasteiger partial charge < -0.3 is 5.11 Å². The normalized spacial score (nSPS) is 27.1. The zero-order valence-corrected chi connectivity index (χ0v) is 6.21. The van der Waals surface area contributed by atoms with Gasteiger partial charge in [0.1, 0.15) is 0 Å². The quantitative estimate of drug-likeness (QED) is 0.608. The summed E-state index contributed by atoms with van der Waals surface area (Å²) in [5.41, 5.74) is 0. The fourth-order valence-corrected chi connectivity index (χ4v) is 1.36. The Hall–Kier alpha value is -0.570. The van der Waals surface area contributed by atoms with E-state index >= 15 is 0 Å². The SMILES string of the molecule is CC1CCN(CC(=O)O)C1. The van der Waals surface area contributed by atoms with Gasteiger partial charge in [-0.2, -0.15) is 0 Å². The van der Waals surface area contributed by atoms with Crippen LogP contribution in [-0.2, 0) is 4.79 Å². The standard InChI is InChI=1S/C7H13NO2/c1-6-2-3-8(4-6)5-7(9)10/h6H,2-5H2,1H3,(H,9,10). The predicted octanol–water partition coefficient (Wildman–Crippen LogP) is 0.413. The molecule has 3 nitrogen and oxygen atoms in total. The van der Waals surface area contributed by atoms with Gasteiger partial charge in [-0.3, -0.25) is 9.69 Å². The molecular formula is C7H13NO2. The van der Waals surface area contributed by atoms with Crippen LogP contribution >= 0.6 is 0 Å². The minimum Gasteiger partial charge on any atom is -0.480 e. The summed E-state index contributed by atoms with van der Waals surface area (Å²) in [7, 11) is 0. The van der Waals surface area contributed by atoms with Gasteiger partial charge >= 0.3 is 5.97 Å². The summed E-state index contributed by atoms with van der Waals surface area (Å²) >= 11 is 0. The summed E-state index contributed by atoms with van der Waals surface area (Å²) in [6.45, 7) is 4.27. The van der Waals surface area contributed by atoms with E-state index in [4.69, 9.17) is 5.11 Å². The van der Waals surface area contributed by atoms with Crippen LogP contribution in [0.15, 0.2) is 0 Å². The smallest absolute Gasteiger partial charge is 0.317 e. The average molecular weight is 143 g/mol. The lowest BCUT2D eigenvalue weighted by Crippen LogP contribution is -2.27. The first-order chi connectivity index (χ1) is 4.68. The molecule has 1 unspecified atom stereocenters. The first-order valence-corrected chi connectivity index (χ1v) is 3.62. The van der Waals surface area contributed by atoms with Crippen molar-refractivity contribution in [2.24, 2.45) is 5.92 Å². The van der Waals surface area contributed by atoms with E-state index < -0.39 is 5.97 Å². The summed E-state index contributed by atoms with van der Waals surface area (Å²) in [5.74, 6) is -0.0338. The van der Waals surface area contributed by atoms with E-state index in [0.717, 1.165) is 19.5 Å². The molecule has 0 aromatic carbocycles. The van der Waals surface area contributed by atoms with Gasteiger partial charge in [-0.15, -0.1) is 0 Å². The first-order valence-electron chi connectivity index (χ1n) is 3.62.